The zero-order valence-electron chi connectivity index (χ0n) is 12.1. The quantitative estimate of drug-likeness (QED) is 0.889. The molecule has 110 valence electrons. The third-order valence-electron chi connectivity index (χ3n) is 2.24. The Kier molecular flexibility index (Phi) is 5.52. The minimum absolute atomic E-state index is 0.0909. The van der Waals surface area contributed by atoms with Crippen LogP contribution in [0.3, 0.4) is 0 Å². The number of nitrogens with two attached hydrogens (primary N) is 1. The molecule has 0 aromatic heterocycles. The van der Waals surface area contributed by atoms with Gasteiger partial charge in [-0.05, 0) is 32.9 Å². The van der Waals surface area contributed by atoms with Crippen LogP contribution in [0.15, 0.2) is 30.3 Å². The largest absolute Gasteiger partial charge is 0.443 e. The summed E-state index contributed by atoms with van der Waals surface area (Å²) in [5.41, 5.74) is 5.36. The standard InChI is InChI=1S/C14H21N3O3/c1-14(2,3)20-13(19)17(10-9-15)12(18)16-11-7-5-4-6-8-11/h4-8H,9-10,15H2,1-3H3,(H,16,18). The molecule has 1 rings (SSSR count). The van der Waals surface area contributed by atoms with Crippen LogP contribution in [-0.4, -0.2) is 35.7 Å². The number of anilines is 1. The zero-order chi connectivity index (χ0) is 15.2. The van der Waals surface area contributed by atoms with Gasteiger partial charge in [0.05, 0.1) is 0 Å². The number of hydrogen-bond donors (Lipinski definition) is 2. The number of urea groups is 1. The molecular weight excluding hydrogens is 258 g/mol. The van der Waals surface area contributed by atoms with Gasteiger partial charge in [-0.3, -0.25) is 0 Å². The molecule has 0 unspecified atom stereocenters. The molecular formula is C14H21N3O3. The van der Waals surface area contributed by atoms with Crippen LogP contribution < -0.4 is 11.1 Å². The predicted molar refractivity (Wildman–Crippen MR) is 77.5 cm³/mol. The number of hydrogen-bond acceptors (Lipinski definition) is 4. The van der Waals surface area contributed by atoms with Crippen LogP contribution in [-0.2, 0) is 4.74 Å². The van der Waals surface area contributed by atoms with Crippen molar-refractivity contribution in [1.82, 2.24) is 4.90 Å². The second-order valence-electron chi connectivity index (χ2n) is 5.22. The van der Waals surface area contributed by atoms with Gasteiger partial charge in [-0.25, -0.2) is 14.5 Å². The Hall–Kier alpha value is -2.08. The molecule has 0 fully saturated rings. The molecule has 0 bridgehead atoms. The molecule has 3 amide bonds. The summed E-state index contributed by atoms with van der Waals surface area (Å²) >= 11 is 0. The number of amides is 3. The van der Waals surface area contributed by atoms with E-state index in [-0.39, 0.29) is 13.1 Å². The van der Waals surface area contributed by atoms with Crippen molar-refractivity contribution in [3.05, 3.63) is 30.3 Å². The van der Waals surface area contributed by atoms with Gasteiger partial charge in [-0.15, -0.1) is 0 Å². The maximum Gasteiger partial charge on any atom is 0.418 e. The number of nitrogens with zero attached hydrogens (tertiary/aromatic N) is 1. The number of nitrogens with one attached hydrogen (secondary N) is 1. The van der Waals surface area contributed by atoms with Gasteiger partial charge in [-0.2, -0.15) is 0 Å². The number of benzene rings is 1. The van der Waals surface area contributed by atoms with Crippen molar-refractivity contribution < 1.29 is 14.3 Å². The summed E-state index contributed by atoms with van der Waals surface area (Å²) in [6.45, 7) is 5.47. The molecule has 1 aromatic rings. The third kappa shape index (κ3) is 5.27. The molecule has 0 heterocycles. The lowest BCUT2D eigenvalue weighted by molar-refractivity contribution is 0.0337. The van der Waals surface area contributed by atoms with Gasteiger partial charge in [0.2, 0.25) is 0 Å². The van der Waals surface area contributed by atoms with Crippen LogP contribution in [0.5, 0.6) is 0 Å². The van der Waals surface area contributed by atoms with Crippen molar-refractivity contribution >= 4 is 17.8 Å². The molecule has 0 aliphatic heterocycles. The number of para-hydroxylation sites is 1. The molecule has 0 saturated carbocycles. The normalized spacial score (nSPS) is 10.8. The zero-order valence-corrected chi connectivity index (χ0v) is 12.1. The minimum atomic E-state index is -0.712. The topological polar surface area (TPSA) is 84.7 Å². The smallest absolute Gasteiger partial charge is 0.418 e. The van der Waals surface area contributed by atoms with Crippen molar-refractivity contribution in [3.8, 4) is 0 Å². The summed E-state index contributed by atoms with van der Waals surface area (Å²) in [5, 5.41) is 2.62. The Morgan fingerprint density at radius 3 is 2.35 bits per heavy atom. The number of rotatable bonds is 3. The van der Waals surface area contributed by atoms with E-state index in [4.69, 9.17) is 10.5 Å². The van der Waals surface area contributed by atoms with Crippen LogP contribution in [0.4, 0.5) is 15.3 Å². The van der Waals surface area contributed by atoms with Crippen molar-refractivity contribution in [2.45, 2.75) is 26.4 Å². The maximum atomic E-state index is 12.1. The Labute approximate surface area is 118 Å². The van der Waals surface area contributed by atoms with E-state index in [1.807, 2.05) is 6.07 Å². The van der Waals surface area contributed by atoms with Crippen molar-refractivity contribution in [1.29, 1.82) is 0 Å². The molecule has 20 heavy (non-hydrogen) atoms. The molecule has 3 N–H and O–H groups in total. The van der Waals surface area contributed by atoms with E-state index in [2.05, 4.69) is 5.32 Å². The lowest BCUT2D eigenvalue weighted by Crippen LogP contribution is -2.45. The predicted octanol–water partition coefficient (Wildman–Crippen LogP) is 2.41. The van der Waals surface area contributed by atoms with E-state index in [1.54, 1.807) is 45.0 Å². The van der Waals surface area contributed by atoms with Crippen LogP contribution in [0.25, 0.3) is 0 Å². The van der Waals surface area contributed by atoms with Gasteiger partial charge >= 0.3 is 12.1 Å². The van der Waals surface area contributed by atoms with Gasteiger partial charge in [0.1, 0.15) is 5.60 Å². The molecule has 0 atom stereocenters. The summed E-state index contributed by atoms with van der Waals surface area (Å²) in [6.07, 6.45) is -0.712. The fourth-order valence-corrected chi connectivity index (χ4v) is 1.43. The SMILES string of the molecule is CC(C)(C)OC(=O)N(CCN)C(=O)Nc1ccccc1. The second-order valence-corrected chi connectivity index (χ2v) is 5.22. The highest BCUT2D eigenvalue weighted by Gasteiger charge is 2.26. The number of carbonyl (C=O) groups excluding carboxylic acids is 2. The van der Waals surface area contributed by atoms with E-state index in [0.29, 0.717) is 5.69 Å². The van der Waals surface area contributed by atoms with Crippen LogP contribution in [0.1, 0.15) is 20.8 Å². The van der Waals surface area contributed by atoms with Crippen molar-refractivity contribution in [2.24, 2.45) is 5.73 Å². The monoisotopic (exact) mass is 279 g/mol. The van der Waals surface area contributed by atoms with Crippen molar-refractivity contribution in [3.63, 3.8) is 0 Å². The molecule has 0 aliphatic rings. The molecule has 0 radical (unpaired) electrons. The lowest BCUT2D eigenvalue weighted by atomic mass is 10.2. The molecule has 0 aliphatic carbocycles. The highest BCUT2D eigenvalue weighted by molar-refractivity contribution is 5.99. The summed E-state index contributed by atoms with van der Waals surface area (Å²) in [5.74, 6) is 0. The van der Waals surface area contributed by atoms with Gasteiger partial charge in [-0.1, -0.05) is 18.2 Å². The van der Waals surface area contributed by atoms with Crippen molar-refractivity contribution in [2.75, 3.05) is 18.4 Å². The Morgan fingerprint density at radius 2 is 1.85 bits per heavy atom. The highest BCUT2D eigenvalue weighted by atomic mass is 16.6. The van der Waals surface area contributed by atoms with Gasteiger partial charge in [0.25, 0.3) is 0 Å². The molecule has 0 spiro atoms. The first-order valence-corrected chi connectivity index (χ1v) is 6.40. The molecule has 0 saturated heterocycles. The molecule has 6 nitrogen and oxygen atoms in total. The van der Waals surface area contributed by atoms with E-state index >= 15 is 0 Å². The summed E-state index contributed by atoms with van der Waals surface area (Å²) < 4.78 is 5.18. The fraction of sp³-hybridized carbons (Fsp3) is 0.429. The van der Waals surface area contributed by atoms with Crippen LogP contribution in [0.2, 0.25) is 0 Å². The number of ether oxygens (including phenoxy) is 1. The van der Waals surface area contributed by atoms with Crippen LogP contribution in [0, 0.1) is 0 Å². The second kappa shape index (κ2) is 6.91. The Morgan fingerprint density at radius 1 is 1.25 bits per heavy atom. The van der Waals surface area contributed by atoms with Gasteiger partial charge in [0, 0.05) is 18.8 Å². The average molecular weight is 279 g/mol. The Balaban J connectivity index is 2.74. The van der Waals surface area contributed by atoms with Gasteiger partial charge < -0.3 is 15.8 Å². The summed E-state index contributed by atoms with van der Waals surface area (Å²) in [7, 11) is 0. The van der Waals surface area contributed by atoms with E-state index < -0.39 is 17.7 Å². The first-order valence-electron chi connectivity index (χ1n) is 6.40. The first-order chi connectivity index (χ1) is 9.33. The lowest BCUT2D eigenvalue weighted by Gasteiger charge is -2.26. The average Bonchev–Trinajstić information content (AvgIpc) is 2.34. The molecule has 1 aromatic carbocycles. The molecule has 6 heteroatoms. The van der Waals surface area contributed by atoms with Crippen LogP contribution >= 0.6 is 0 Å². The fourth-order valence-electron chi connectivity index (χ4n) is 1.43. The Bertz CT molecular complexity index is 454. The third-order valence-corrected chi connectivity index (χ3v) is 2.24. The van der Waals surface area contributed by atoms with E-state index in [0.717, 1.165) is 4.90 Å². The maximum absolute atomic E-state index is 12.1. The number of carbonyl (C=O) groups is 2. The summed E-state index contributed by atoms with van der Waals surface area (Å²) in [4.78, 5) is 25.0. The van der Waals surface area contributed by atoms with Gasteiger partial charge in [0.15, 0.2) is 0 Å². The van der Waals surface area contributed by atoms with E-state index in [9.17, 15) is 9.59 Å². The van der Waals surface area contributed by atoms with E-state index in [1.165, 1.54) is 0 Å². The summed E-state index contributed by atoms with van der Waals surface area (Å²) in [6, 6.07) is 8.31. The number of imide groups is 1. The minimum Gasteiger partial charge on any atom is -0.443 e. The first kappa shape index (κ1) is 16.0. The highest BCUT2D eigenvalue weighted by Crippen LogP contribution is 2.12.